The van der Waals surface area contributed by atoms with E-state index in [0.29, 0.717) is 11.5 Å². The van der Waals surface area contributed by atoms with Gasteiger partial charge in [0.15, 0.2) is 5.82 Å². The highest BCUT2D eigenvalue weighted by molar-refractivity contribution is 5.98. The van der Waals surface area contributed by atoms with Gasteiger partial charge in [0, 0.05) is 24.9 Å². The van der Waals surface area contributed by atoms with E-state index in [0.717, 1.165) is 29.9 Å². The number of carbonyl (C=O) groups is 1. The van der Waals surface area contributed by atoms with Crippen LogP contribution in [0.4, 0.5) is 17.2 Å². The van der Waals surface area contributed by atoms with Gasteiger partial charge in [-0.3, -0.25) is 9.80 Å². The van der Waals surface area contributed by atoms with Gasteiger partial charge in [0.1, 0.15) is 5.69 Å². The highest BCUT2D eigenvalue weighted by Crippen LogP contribution is 2.42. The molecule has 1 amide bonds. The van der Waals surface area contributed by atoms with E-state index in [1.807, 2.05) is 31.9 Å². The molecular weight excluding hydrogens is 280 g/mol. The van der Waals surface area contributed by atoms with Crippen molar-refractivity contribution in [2.45, 2.75) is 32.7 Å². The van der Waals surface area contributed by atoms with E-state index in [1.54, 1.807) is 11.2 Å². The molecule has 0 aromatic carbocycles. The molecule has 7 nitrogen and oxygen atoms in total. The first-order valence-electron chi connectivity index (χ1n) is 7.45. The van der Waals surface area contributed by atoms with Crippen LogP contribution in [0, 0.1) is 5.92 Å². The number of amides is 1. The minimum absolute atomic E-state index is 0.0109. The number of aromatic nitrogens is 1. The summed E-state index contributed by atoms with van der Waals surface area (Å²) >= 11 is 0. The fraction of sp³-hybridized carbons (Fsp3) is 0.467. The van der Waals surface area contributed by atoms with Crippen LogP contribution in [-0.2, 0) is 4.79 Å². The summed E-state index contributed by atoms with van der Waals surface area (Å²) in [5.41, 5.74) is 9.10. The molecule has 22 heavy (non-hydrogen) atoms. The quantitative estimate of drug-likeness (QED) is 0.708. The van der Waals surface area contributed by atoms with Crippen LogP contribution in [0.1, 0.15) is 26.7 Å². The van der Waals surface area contributed by atoms with Crippen molar-refractivity contribution in [3.63, 3.8) is 0 Å². The van der Waals surface area contributed by atoms with E-state index in [4.69, 9.17) is 11.6 Å². The van der Waals surface area contributed by atoms with Gasteiger partial charge in [-0.05, 0) is 32.8 Å². The largest absolute Gasteiger partial charge is 0.401 e. The smallest absolute Gasteiger partial charge is 0.228 e. The second kappa shape index (κ2) is 5.17. The lowest BCUT2D eigenvalue weighted by Crippen LogP contribution is -2.48. The second-order valence-electron chi connectivity index (χ2n) is 6.02. The summed E-state index contributed by atoms with van der Waals surface area (Å²) in [6, 6.07) is 1.82. The Morgan fingerprint density at radius 1 is 1.45 bits per heavy atom. The van der Waals surface area contributed by atoms with Gasteiger partial charge in [0.25, 0.3) is 0 Å². The van der Waals surface area contributed by atoms with Crippen molar-refractivity contribution >= 4 is 23.1 Å². The summed E-state index contributed by atoms with van der Waals surface area (Å²) in [7, 11) is 1.95. The predicted molar refractivity (Wildman–Crippen MR) is 87.0 cm³/mol. The molecule has 2 aliphatic rings. The van der Waals surface area contributed by atoms with E-state index in [1.165, 1.54) is 0 Å². The van der Waals surface area contributed by atoms with E-state index in [-0.39, 0.29) is 17.9 Å². The number of anilines is 3. The molecule has 2 heterocycles. The third-order valence-corrected chi connectivity index (χ3v) is 4.35. The fourth-order valence-electron chi connectivity index (χ4n) is 2.87. The number of hydrazine groups is 1. The molecule has 1 unspecified atom stereocenters. The minimum Gasteiger partial charge on any atom is -0.401 e. The fourth-order valence-corrected chi connectivity index (χ4v) is 2.87. The average Bonchev–Trinajstić information content (AvgIpc) is 3.29. The molecule has 1 aromatic rings. The van der Waals surface area contributed by atoms with Crippen LogP contribution in [0.15, 0.2) is 23.7 Å². The van der Waals surface area contributed by atoms with Crippen molar-refractivity contribution in [3.8, 4) is 0 Å². The Kier molecular flexibility index (Phi) is 3.44. The third-order valence-electron chi connectivity index (χ3n) is 4.35. The maximum absolute atomic E-state index is 12.1. The summed E-state index contributed by atoms with van der Waals surface area (Å²) in [5.74, 6) is 6.95. The van der Waals surface area contributed by atoms with Crippen molar-refractivity contribution in [1.29, 1.82) is 0 Å². The first-order chi connectivity index (χ1) is 10.4. The summed E-state index contributed by atoms with van der Waals surface area (Å²) in [6.07, 6.45) is 3.55. The number of hydrogen-bond acceptors (Lipinski definition) is 6. The van der Waals surface area contributed by atoms with Crippen molar-refractivity contribution in [1.82, 2.24) is 4.98 Å². The molecular formula is C15H22N6O. The van der Waals surface area contributed by atoms with Crippen LogP contribution < -0.4 is 26.8 Å². The zero-order chi connectivity index (χ0) is 16.0. The van der Waals surface area contributed by atoms with Gasteiger partial charge >= 0.3 is 0 Å². The second-order valence-corrected chi connectivity index (χ2v) is 6.02. The van der Waals surface area contributed by atoms with Crippen LogP contribution in [0.3, 0.4) is 0 Å². The zero-order valence-electron chi connectivity index (χ0n) is 13.1. The lowest BCUT2D eigenvalue weighted by Gasteiger charge is -2.42. The van der Waals surface area contributed by atoms with Gasteiger partial charge < -0.3 is 16.0 Å². The minimum atomic E-state index is -0.0109. The van der Waals surface area contributed by atoms with Crippen molar-refractivity contribution in [3.05, 3.63) is 23.7 Å². The Morgan fingerprint density at radius 2 is 2.14 bits per heavy atom. The first-order valence-corrected chi connectivity index (χ1v) is 7.45. The van der Waals surface area contributed by atoms with Crippen molar-refractivity contribution in [2.24, 2.45) is 17.5 Å². The van der Waals surface area contributed by atoms with Gasteiger partial charge in [-0.2, -0.15) is 0 Å². The lowest BCUT2D eigenvalue weighted by atomic mass is 10.1. The molecule has 1 aliphatic carbocycles. The predicted octanol–water partition coefficient (Wildman–Crippen LogP) is 1.14. The normalized spacial score (nSPS) is 23.2. The number of nitrogens with two attached hydrogens (primary N) is 2. The van der Waals surface area contributed by atoms with Crippen LogP contribution >= 0.6 is 0 Å². The summed E-state index contributed by atoms with van der Waals surface area (Å²) in [4.78, 5) is 18.4. The van der Waals surface area contributed by atoms with Crippen LogP contribution in [0.2, 0.25) is 0 Å². The first kappa shape index (κ1) is 14.6. The monoisotopic (exact) mass is 302 g/mol. The molecule has 0 saturated heterocycles. The molecule has 0 bridgehead atoms. The van der Waals surface area contributed by atoms with Gasteiger partial charge in [-0.25, -0.2) is 10.8 Å². The van der Waals surface area contributed by atoms with E-state index in [9.17, 15) is 4.79 Å². The number of rotatable bonds is 2. The molecule has 7 heteroatoms. The molecule has 1 saturated carbocycles. The Balaban J connectivity index is 2.04. The zero-order valence-corrected chi connectivity index (χ0v) is 13.1. The van der Waals surface area contributed by atoms with E-state index < -0.39 is 0 Å². The molecule has 0 radical (unpaired) electrons. The number of nitrogens with one attached hydrogen (secondary N) is 1. The number of fused-ring (bicyclic) bond motifs is 1. The standard InChI is InChI=1S/C15H22N6O/c1-8(16)12-9(2)20(3)13-11(21(12)17)6-7-18-14(13)19-15(22)10-4-5-10/h6-7,9-10H,4-5,16-17H2,1-3H3,(H,18,19,22)/b12-8-. The Hall–Kier alpha value is -2.28. The van der Waals surface area contributed by atoms with Crippen molar-refractivity contribution < 1.29 is 4.79 Å². The highest BCUT2D eigenvalue weighted by atomic mass is 16.2. The molecule has 1 atom stereocenters. The number of carbonyl (C=O) groups excluding carboxylic acids is 1. The molecule has 1 aliphatic heterocycles. The third kappa shape index (κ3) is 2.27. The Morgan fingerprint density at radius 3 is 2.73 bits per heavy atom. The molecule has 1 fully saturated rings. The Bertz CT molecular complexity index is 647. The van der Waals surface area contributed by atoms with E-state index >= 15 is 0 Å². The Labute approximate surface area is 129 Å². The number of nitrogens with zero attached hydrogens (tertiary/aromatic N) is 3. The lowest BCUT2D eigenvalue weighted by molar-refractivity contribution is -0.117. The maximum Gasteiger partial charge on any atom is 0.228 e. The van der Waals surface area contributed by atoms with Crippen LogP contribution in [0.25, 0.3) is 0 Å². The van der Waals surface area contributed by atoms with Gasteiger partial charge in [0.2, 0.25) is 5.91 Å². The van der Waals surface area contributed by atoms with Crippen LogP contribution in [-0.4, -0.2) is 24.0 Å². The molecule has 118 valence electrons. The number of hydrogen-bond donors (Lipinski definition) is 3. The molecule has 1 aromatic heterocycles. The number of allylic oxidation sites excluding steroid dienone is 1. The van der Waals surface area contributed by atoms with Gasteiger partial charge in [0.05, 0.1) is 17.4 Å². The molecule has 0 spiro atoms. The highest BCUT2D eigenvalue weighted by Gasteiger charge is 2.35. The van der Waals surface area contributed by atoms with Crippen LogP contribution in [0.5, 0.6) is 0 Å². The van der Waals surface area contributed by atoms with Crippen molar-refractivity contribution in [2.75, 3.05) is 22.3 Å². The topological polar surface area (TPSA) is 101 Å². The SMILES string of the molecule is C/C(N)=C1\C(C)N(C)c2c(ccnc2NC(=O)C2CC2)N1N. The average molecular weight is 302 g/mol. The van der Waals surface area contributed by atoms with Gasteiger partial charge in [-0.1, -0.05) is 0 Å². The molecule has 3 rings (SSSR count). The number of pyridine rings is 1. The van der Waals surface area contributed by atoms with Gasteiger partial charge in [-0.15, -0.1) is 0 Å². The summed E-state index contributed by atoms with van der Waals surface area (Å²) < 4.78 is 0. The van der Waals surface area contributed by atoms with E-state index in [2.05, 4.69) is 10.3 Å². The molecule has 5 N–H and O–H groups in total. The summed E-state index contributed by atoms with van der Waals surface area (Å²) in [5, 5.41) is 4.51. The number of likely N-dealkylation sites (N-methyl/N-ethyl adjacent to an activating group) is 1. The summed E-state index contributed by atoms with van der Waals surface area (Å²) in [6.45, 7) is 3.86. The maximum atomic E-state index is 12.1.